The third-order valence-corrected chi connectivity index (χ3v) is 3.14. The van der Waals surface area contributed by atoms with E-state index in [2.05, 4.69) is 13.8 Å². The molecule has 1 saturated carbocycles. The lowest BCUT2D eigenvalue weighted by atomic mass is 9.73. The lowest BCUT2D eigenvalue weighted by Crippen LogP contribution is -2.46. The Balaban J connectivity index is 2.29. The molecular formula is C10H19NO. The molecule has 2 nitrogen and oxygen atoms in total. The largest absolute Gasteiger partial charge is 0.343 e. The van der Waals surface area contributed by atoms with E-state index in [1.165, 1.54) is 12.8 Å². The summed E-state index contributed by atoms with van der Waals surface area (Å²) in [4.78, 5) is 12.9. The summed E-state index contributed by atoms with van der Waals surface area (Å²) in [5, 5.41) is 0. The molecule has 0 saturated heterocycles. The van der Waals surface area contributed by atoms with Gasteiger partial charge >= 0.3 is 0 Å². The highest BCUT2D eigenvalue weighted by Crippen LogP contribution is 2.36. The van der Waals surface area contributed by atoms with Gasteiger partial charge in [-0.2, -0.15) is 0 Å². The van der Waals surface area contributed by atoms with Crippen LogP contribution in [0, 0.1) is 11.8 Å². The summed E-state index contributed by atoms with van der Waals surface area (Å²) in [5.74, 6) is 1.82. The lowest BCUT2D eigenvalue weighted by Gasteiger charge is -2.42. The van der Waals surface area contributed by atoms with E-state index in [9.17, 15) is 4.79 Å². The molecule has 1 amide bonds. The second-order valence-electron chi connectivity index (χ2n) is 4.26. The molecule has 0 spiro atoms. The number of nitrogens with zero attached hydrogens (tertiary/aromatic N) is 1. The van der Waals surface area contributed by atoms with Gasteiger partial charge in [0, 0.05) is 20.0 Å². The van der Waals surface area contributed by atoms with E-state index in [4.69, 9.17) is 0 Å². The first-order valence-electron chi connectivity index (χ1n) is 4.75. The number of hydrogen-bond acceptors (Lipinski definition) is 1. The second-order valence-corrected chi connectivity index (χ2v) is 4.26. The fraction of sp³-hybridized carbons (Fsp3) is 0.900. The van der Waals surface area contributed by atoms with E-state index in [1.807, 2.05) is 11.9 Å². The Kier molecular flexibility index (Phi) is 2.76. The minimum absolute atomic E-state index is 0.196. The predicted octanol–water partition coefficient (Wildman–Crippen LogP) is 1.90. The molecule has 0 N–H and O–H groups in total. The van der Waals surface area contributed by atoms with E-state index in [0.717, 1.165) is 11.8 Å². The SMILES string of the molecule is CC(=O)N(C)C1CC(C(C)C)C1. The van der Waals surface area contributed by atoms with Gasteiger partial charge in [0.25, 0.3) is 0 Å². The van der Waals surface area contributed by atoms with Crippen LogP contribution in [0.5, 0.6) is 0 Å². The molecular weight excluding hydrogens is 150 g/mol. The lowest BCUT2D eigenvalue weighted by molar-refractivity contribution is -0.132. The second kappa shape index (κ2) is 3.46. The van der Waals surface area contributed by atoms with Gasteiger partial charge in [-0.3, -0.25) is 4.79 Å². The molecule has 0 unspecified atom stereocenters. The molecule has 1 fully saturated rings. The van der Waals surface area contributed by atoms with Crippen molar-refractivity contribution in [1.82, 2.24) is 4.90 Å². The van der Waals surface area contributed by atoms with Gasteiger partial charge in [-0.25, -0.2) is 0 Å². The van der Waals surface area contributed by atoms with E-state index in [1.54, 1.807) is 6.92 Å². The average Bonchev–Trinajstić information content (AvgIpc) is 1.82. The van der Waals surface area contributed by atoms with E-state index in [-0.39, 0.29) is 5.91 Å². The first kappa shape index (κ1) is 9.56. The summed E-state index contributed by atoms with van der Waals surface area (Å²) in [7, 11) is 1.91. The van der Waals surface area contributed by atoms with Gasteiger partial charge in [0.1, 0.15) is 0 Å². The summed E-state index contributed by atoms with van der Waals surface area (Å²) in [6.45, 7) is 6.16. The van der Waals surface area contributed by atoms with Crippen molar-refractivity contribution in [2.75, 3.05) is 7.05 Å². The summed E-state index contributed by atoms with van der Waals surface area (Å²) < 4.78 is 0. The van der Waals surface area contributed by atoms with Gasteiger partial charge in [0.2, 0.25) is 5.91 Å². The van der Waals surface area contributed by atoms with Gasteiger partial charge in [0.15, 0.2) is 0 Å². The van der Waals surface area contributed by atoms with E-state index >= 15 is 0 Å². The number of carbonyl (C=O) groups is 1. The zero-order chi connectivity index (χ0) is 9.30. The maximum atomic E-state index is 11.0. The first-order valence-corrected chi connectivity index (χ1v) is 4.75. The van der Waals surface area contributed by atoms with Crippen molar-refractivity contribution in [1.29, 1.82) is 0 Å². The minimum atomic E-state index is 0.196. The maximum Gasteiger partial charge on any atom is 0.219 e. The molecule has 2 heteroatoms. The van der Waals surface area contributed by atoms with Crippen molar-refractivity contribution < 1.29 is 4.79 Å². The van der Waals surface area contributed by atoms with Crippen LogP contribution in [0.1, 0.15) is 33.6 Å². The van der Waals surface area contributed by atoms with Crippen molar-refractivity contribution in [2.24, 2.45) is 11.8 Å². The fourth-order valence-electron chi connectivity index (χ4n) is 1.75. The molecule has 1 aliphatic carbocycles. The molecule has 0 aromatic heterocycles. The highest BCUT2D eigenvalue weighted by molar-refractivity contribution is 5.73. The Morgan fingerprint density at radius 3 is 2.25 bits per heavy atom. The topological polar surface area (TPSA) is 20.3 Å². The molecule has 0 heterocycles. The molecule has 0 atom stereocenters. The van der Waals surface area contributed by atoms with Crippen LogP contribution < -0.4 is 0 Å². The highest BCUT2D eigenvalue weighted by Gasteiger charge is 2.34. The van der Waals surface area contributed by atoms with E-state index < -0.39 is 0 Å². The molecule has 0 bridgehead atoms. The van der Waals surface area contributed by atoms with Crippen LogP contribution in [-0.2, 0) is 4.79 Å². The van der Waals surface area contributed by atoms with Crippen LogP contribution in [0.15, 0.2) is 0 Å². The Morgan fingerprint density at radius 2 is 1.92 bits per heavy atom. The Bertz CT molecular complexity index is 171. The average molecular weight is 169 g/mol. The highest BCUT2D eigenvalue weighted by atomic mass is 16.2. The summed E-state index contributed by atoms with van der Waals surface area (Å²) in [6, 6.07) is 0.523. The first-order chi connectivity index (χ1) is 5.52. The van der Waals surface area contributed by atoms with Crippen molar-refractivity contribution >= 4 is 5.91 Å². The molecule has 70 valence electrons. The van der Waals surface area contributed by atoms with Gasteiger partial charge in [-0.15, -0.1) is 0 Å². The van der Waals surface area contributed by atoms with E-state index in [0.29, 0.717) is 6.04 Å². The summed E-state index contributed by atoms with van der Waals surface area (Å²) in [5.41, 5.74) is 0. The zero-order valence-corrected chi connectivity index (χ0v) is 8.50. The van der Waals surface area contributed by atoms with Gasteiger partial charge in [-0.1, -0.05) is 13.8 Å². The maximum absolute atomic E-state index is 11.0. The van der Waals surface area contributed by atoms with Crippen molar-refractivity contribution in [3.63, 3.8) is 0 Å². The van der Waals surface area contributed by atoms with Gasteiger partial charge < -0.3 is 4.90 Å². The smallest absolute Gasteiger partial charge is 0.219 e. The third-order valence-electron chi connectivity index (χ3n) is 3.14. The molecule has 1 aliphatic rings. The Morgan fingerprint density at radius 1 is 1.42 bits per heavy atom. The third kappa shape index (κ3) is 1.79. The molecule has 1 rings (SSSR count). The standard InChI is InChI=1S/C10H19NO/c1-7(2)9-5-10(6-9)11(4)8(3)12/h7,9-10H,5-6H2,1-4H3. The zero-order valence-electron chi connectivity index (χ0n) is 8.50. The van der Waals surface area contributed by atoms with Crippen LogP contribution >= 0.6 is 0 Å². The van der Waals surface area contributed by atoms with Crippen LogP contribution in [0.25, 0.3) is 0 Å². The quantitative estimate of drug-likeness (QED) is 0.618. The van der Waals surface area contributed by atoms with Gasteiger partial charge in [0.05, 0.1) is 0 Å². The summed E-state index contributed by atoms with van der Waals surface area (Å²) >= 11 is 0. The molecule has 0 aromatic carbocycles. The molecule has 12 heavy (non-hydrogen) atoms. The number of hydrogen-bond donors (Lipinski definition) is 0. The molecule has 0 aliphatic heterocycles. The Hall–Kier alpha value is -0.530. The van der Waals surface area contributed by atoms with Crippen LogP contribution in [-0.4, -0.2) is 23.9 Å². The Labute approximate surface area is 74.9 Å². The van der Waals surface area contributed by atoms with Crippen LogP contribution in [0.3, 0.4) is 0 Å². The summed E-state index contributed by atoms with van der Waals surface area (Å²) in [6.07, 6.45) is 2.40. The monoisotopic (exact) mass is 169 g/mol. The fourth-order valence-corrected chi connectivity index (χ4v) is 1.75. The van der Waals surface area contributed by atoms with Crippen molar-refractivity contribution in [3.8, 4) is 0 Å². The van der Waals surface area contributed by atoms with Crippen LogP contribution in [0.2, 0.25) is 0 Å². The number of rotatable bonds is 2. The number of carbonyl (C=O) groups excluding carboxylic acids is 1. The van der Waals surface area contributed by atoms with Crippen molar-refractivity contribution in [3.05, 3.63) is 0 Å². The molecule has 0 aromatic rings. The minimum Gasteiger partial charge on any atom is -0.343 e. The number of amides is 1. The molecule has 0 radical (unpaired) electrons. The van der Waals surface area contributed by atoms with Gasteiger partial charge in [-0.05, 0) is 24.7 Å². The van der Waals surface area contributed by atoms with Crippen LogP contribution in [0.4, 0.5) is 0 Å². The van der Waals surface area contributed by atoms with Crippen molar-refractivity contribution in [2.45, 2.75) is 39.7 Å². The predicted molar refractivity (Wildman–Crippen MR) is 49.8 cm³/mol. The normalized spacial score (nSPS) is 28.4.